The lowest BCUT2D eigenvalue weighted by Crippen LogP contribution is -2.15. The number of hydrogen-bond donors (Lipinski definition) is 2. The molecule has 25 heavy (non-hydrogen) atoms. The Balaban J connectivity index is 1.41. The van der Waals surface area contributed by atoms with Crippen LogP contribution in [0.4, 0.5) is 11.4 Å². The predicted octanol–water partition coefficient (Wildman–Crippen LogP) is 4.56. The first-order valence-corrected chi connectivity index (χ1v) is 9.66. The molecule has 0 atom stereocenters. The Hall–Kier alpha value is -1.98. The van der Waals surface area contributed by atoms with Crippen LogP contribution in [0.5, 0.6) is 0 Å². The largest absolute Gasteiger partial charge is 0.326 e. The van der Waals surface area contributed by atoms with Gasteiger partial charge in [0.15, 0.2) is 0 Å². The fourth-order valence-corrected chi connectivity index (χ4v) is 3.18. The summed E-state index contributed by atoms with van der Waals surface area (Å²) in [5.41, 5.74) is 2.62. The van der Waals surface area contributed by atoms with Crippen molar-refractivity contribution in [1.82, 2.24) is 0 Å². The molecule has 0 heterocycles. The molecule has 1 fully saturated rings. The quantitative estimate of drug-likeness (QED) is 0.746. The van der Waals surface area contributed by atoms with Gasteiger partial charge in [0.25, 0.3) is 0 Å². The Labute approximate surface area is 156 Å². The number of thioether (sulfide) groups is 1. The summed E-state index contributed by atoms with van der Waals surface area (Å²) in [5, 5.41) is 6.45. The van der Waals surface area contributed by atoms with Crippen molar-refractivity contribution in [3.8, 4) is 0 Å². The Morgan fingerprint density at radius 3 is 2.16 bits per heavy atom. The smallest absolute Gasteiger partial charge is 0.234 e. The van der Waals surface area contributed by atoms with Gasteiger partial charge in [-0.1, -0.05) is 23.7 Å². The molecule has 2 aromatic rings. The molecule has 0 spiro atoms. The fourth-order valence-electron chi connectivity index (χ4n) is 2.27. The van der Waals surface area contributed by atoms with E-state index in [1.165, 1.54) is 0 Å². The van der Waals surface area contributed by atoms with E-state index in [4.69, 9.17) is 11.6 Å². The van der Waals surface area contributed by atoms with Crippen LogP contribution in [0.25, 0.3) is 0 Å². The zero-order chi connectivity index (χ0) is 17.6. The van der Waals surface area contributed by atoms with E-state index in [0.29, 0.717) is 10.8 Å². The van der Waals surface area contributed by atoms with Crippen molar-refractivity contribution >= 4 is 46.6 Å². The van der Waals surface area contributed by atoms with Gasteiger partial charge in [-0.05, 0) is 54.8 Å². The summed E-state index contributed by atoms with van der Waals surface area (Å²) in [4.78, 5) is 23.7. The molecule has 6 heteroatoms. The van der Waals surface area contributed by atoms with Gasteiger partial charge >= 0.3 is 0 Å². The molecule has 0 bridgehead atoms. The molecular weight excluding hydrogens is 356 g/mol. The minimum atomic E-state index is -0.0475. The Bertz CT molecular complexity index is 743. The fraction of sp³-hybridized carbons (Fsp3) is 0.263. The van der Waals surface area contributed by atoms with Crippen molar-refractivity contribution in [2.75, 3.05) is 16.4 Å². The van der Waals surface area contributed by atoms with E-state index in [1.807, 2.05) is 24.3 Å². The molecule has 3 rings (SSSR count). The predicted molar refractivity (Wildman–Crippen MR) is 104 cm³/mol. The van der Waals surface area contributed by atoms with E-state index in [9.17, 15) is 9.59 Å². The lowest BCUT2D eigenvalue weighted by Gasteiger charge is -2.08. The highest BCUT2D eigenvalue weighted by atomic mass is 35.5. The average molecular weight is 375 g/mol. The van der Waals surface area contributed by atoms with Gasteiger partial charge in [-0.15, -0.1) is 11.8 Å². The van der Waals surface area contributed by atoms with Crippen LogP contribution in [0.1, 0.15) is 18.4 Å². The van der Waals surface area contributed by atoms with Crippen LogP contribution in [-0.2, 0) is 15.3 Å². The van der Waals surface area contributed by atoms with Gasteiger partial charge in [-0.25, -0.2) is 0 Å². The van der Waals surface area contributed by atoms with Crippen LogP contribution in [0, 0.1) is 5.92 Å². The summed E-state index contributed by atoms with van der Waals surface area (Å²) in [6, 6.07) is 14.8. The van der Waals surface area contributed by atoms with Gasteiger partial charge in [0.1, 0.15) is 0 Å². The SMILES string of the molecule is O=C(CSCc1ccc(Cl)cc1)Nc1ccc(NC(=O)C2CC2)cc1. The first-order valence-electron chi connectivity index (χ1n) is 8.13. The van der Waals surface area contributed by atoms with Crippen molar-refractivity contribution in [3.05, 3.63) is 59.1 Å². The van der Waals surface area contributed by atoms with Crippen molar-refractivity contribution in [2.24, 2.45) is 5.92 Å². The number of halogens is 1. The highest BCUT2D eigenvalue weighted by Gasteiger charge is 2.29. The van der Waals surface area contributed by atoms with E-state index in [2.05, 4.69) is 10.6 Å². The lowest BCUT2D eigenvalue weighted by molar-refractivity contribution is -0.117. The standard InChI is InChI=1S/C19H19ClN2O2S/c20-15-5-1-13(2-6-15)11-25-12-18(23)21-16-7-9-17(10-8-16)22-19(24)14-3-4-14/h1-2,5-10,14H,3-4,11-12H2,(H,21,23)(H,22,24). The number of anilines is 2. The van der Waals surface area contributed by atoms with Crippen LogP contribution in [0.2, 0.25) is 5.02 Å². The second-order valence-electron chi connectivity index (χ2n) is 6.01. The molecular formula is C19H19ClN2O2S. The van der Waals surface area contributed by atoms with E-state index in [-0.39, 0.29) is 17.7 Å². The molecule has 2 aromatic carbocycles. The highest BCUT2D eigenvalue weighted by Crippen LogP contribution is 2.30. The van der Waals surface area contributed by atoms with Gasteiger partial charge in [0.2, 0.25) is 11.8 Å². The van der Waals surface area contributed by atoms with Crippen LogP contribution in [0.15, 0.2) is 48.5 Å². The molecule has 1 aliphatic carbocycles. The van der Waals surface area contributed by atoms with E-state index < -0.39 is 0 Å². The minimum Gasteiger partial charge on any atom is -0.326 e. The summed E-state index contributed by atoms with van der Waals surface area (Å²) in [6.45, 7) is 0. The maximum absolute atomic E-state index is 12.0. The van der Waals surface area contributed by atoms with E-state index >= 15 is 0 Å². The van der Waals surface area contributed by atoms with Crippen molar-refractivity contribution in [1.29, 1.82) is 0 Å². The number of rotatable bonds is 7. The molecule has 0 saturated heterocycles. The van der Waals surface area contributed by atoms with E-state index in [0.717, 1.165) is 35.5 Å². The van der Waals surface area contributed by atoms with Gasteiger partial charge in [0, 0.05) is 28.1 Å². The van der Waals surface area contributed by atoms with Gasteiger partial charge < -0.3 is 10.6 Å². The summed E-state index contributed by atoms with van der Waals surface area (Å²) >= 11 is 7.40. The first kappa shape index (κ1) is 17.8. The molecule has 130 valence electrons. The normalized spacial score (nSPS) is 13.3. The maximum atomic E-state index is 12.0. The van der Waals surface area contributed by atoms with Crippen LogP contribution in [0.3, 0.4) is 0 Å². The summed E-state index contributed by atoms with van der Waals surface area (Å²) < 4.78 is 0. The molecule has 0 aromatic heterocycles. The number of hydrogen-bond acceptors (Lipinski definition) is 3. The third-order valence-electron chi connectivity index (χ3n) is 3.80. The van der Waals surface area contributed by atoms with Crippen molar-refractivity contribution in [2.45, 2.75) is 18.6 Å². The minimum absolute atomic E-state index is 0.0475. The molecule has 1 aliphatic rings. The molecule has 0 unspecified atom stereocenters. The van der Waals surface area contributed by atoms with Crippen molar-refractivity contribution in [3.63, 3.8) is 0 Å². The molecule has 2 amide bonds. The highest BCUT2D eigenvalue weighted by molar-refractivity contribution is 7.99. The van der Waals surface area contributed by atoms with Gasteiger partial charge in [-0.2, -0.15) is 0 Å². The van der Waals surface area contributed by atoms with Gasteiger partial charge in [0.05, 0.1) is 5.75 Å². The van der Waals surface area contributed by atoms with Crippen LogP contribution < -0.4 is 10.6 Å². The number of carbonyl (C=O) groups excluding carboxylic acids is 2. The molecule has 4 nitrogen and oxygen atoms in total. The Morgan fingerprint density at radius 1 is 0.960 bits per heavy atom. The van der Waals surface area contributed by atoms with Crippen LogP contribution in [-0.4, -0.2) is 17.6 Å². The lowest BCUT2D eigenvalue weighted by atomic mass is 10.2. The number of benzene rings is 2. The Kier molecular flexibility index (Phi) is 6.00. The second-order valence-corrected chi connectivity index (χ2v) is 7.43. The molecule has 0 radical (unpaired) electrons. The third kappa shape index (κ3) is 5.80. The molecule has 2 N–H and O–H groups in total. The summed E-state index contributed by atoms with van der Waals surface area (Å²) in [6.07, 6.45) is 1.96. The van der Waals surface area contributed by atoms with Gasteiger partial charge in [-0.3, -0.25) is 9.59 Å². The van der Waals surface area contributed by atoms with Crippen LogP contribution >= 0.6 is 23.4 Å². The topological polar surface area (TPSA) is 58.2 Å². The van der Waals surface area contributed by atoms with E-state index in [1.54, 1.807) is 36.0 Å². The summed E-state index contributed by atoms with van der Waals surface area (Å²) in [7, 11) is 0. The third-order valence-corrected chi connectivity index (χ3v) is 5.06. The molecule has 1 saturated carbocycles. The maximum Gasteiger partial charge on any atom is 0.234 e. The zero-order valence-corrected chi connectivity index (χ0v) is 15.2. The number of carbonyl (C=O) groups is 2. The number of amides is 2. The molecule has 0 aliphatic heterocycles. The van der Waals surface area contributed by atoms with Crippen molar-refractivity contribution < 1.29 is 9.59 Å². The number of nitrogens with one attached hydrogen (secondary N) is 2. The average Bonchev–Trinajstić information content (AvgIpc) is 3.43. The summed E-state index contributed by atoms with van der Waals surface area (Å²) in [5.74, 6) is 1.35. The monoisotopic (exact) mass is 374 g/mol. The first-order chi connectivity index (χ1) is 12.1. The zero-order valence-electron chi connectivity index (χ0n) is 13.6. The second kappa shape index (κ2) is 8.41. The Morgan fingerprint density at radius 2 is 1.56 bits per heavy atom.